The lowest BCUT2D eigenvalue weighted by Gasteiger charge is -2.15. The first-order valence-corrected chi connectivity index (χ1v) is 8.89. The molecule has 0 saturated carbocycles. The normalized spacial score (nSPS) is 10.5. The van der Waals surface area contributed by atoms with Gasteiger partial charge in [-0.3, -0.25) is 0 Å². The molecular weight excluding hydrogens is 348 g/mol. The molecule has 0 N–H and O–H groups in total. The van der Waals surface area contributed by atoms with Crippen molar-refractivity contribution in [1.29, 1.82) is 0 Å². The van der Waals surface area contributed by atoms with Crippen LogP contribution in [0.1, 0.15) is 0 Å². The van der Waals surface area contributed by atoms with E-state index in [0.717, 1.165) is 33.0 Å². The van der Waals surface area contributed by atoms with Crippen molar-refractivity contribution in [3.8, 4) is 38.8 Å². The van der Waals surface area contributed by atoms with Crippen LogP contribution in [-0.4, -0.2) is 39.8 Å². The summed E-state index contributed by atoms with van der Waals surface area (Å²) < 4.78 is 20.8. The number of benzene rings is 2. The monoisotopic (exact) mass is 370 g/mol. The largest absolute Gasteiger partial charge is 0.496 e. The van der Waals surface area contributed by atoms with Crippen molar-refractivity contribution < 1.29 is 14.2 Å². The summed E-state index contributed by atoms with van der Waals surface area (Å²) in [7, 11) is 8.95. The Bertz CT molecular complexity index is 889. The first-order chi connectivity index (χ1) is 12.6. The molecule has 0 aliphatic rings. The molecule has 3 aromatic rings. The number of aromatic nitrogens is 1. The first kappa shape index (κ1) is 18.1. The van der Waals surface area contributed by atoms with Gasteiger partial charge >= 0.3 is 0 Å². The topological polar surface area (TPSA) is 43.8 Å². The lowest BCUT2D eigenvalue weighted by molar-refractivity contribution is 0.349. The summed E-state index contributed by atoms with van der Waals surface area (Å²) in [6.45, 7) is 0. The lowest BCUT2D eigenvalue weighted by atomic mass is 10.0. The van der Waals surface area contributed by atoms with Gasteiger partial charge in [0.15, 0.2) is 11.5 Å². The van der Waals surface area contributed by atoms with Crippen molar-refractivity contribution in [1.82, 2.24) is 4.37 Å². The molecule has 0 saturated heterocycles. The van der Waals surface area contributed by atoms with Crippen LogP contribution < -0.4 is 19.1 Å². The number of hydrogen-bond acceptors (Lipinski definition) is 6. The van der Waals surface area contributed by atoms with Crippen LogP contribution in [0.2, 0.25) is 0 Å². The third-order valence-electron chi connectivity index (χ3n) is 4.22. The molecule has 0 aliphatic heterocycles. The van der Waals surface area contributed by atoms with Crippen LogP contribution in [0.15, 0.2) is 42.6 Å². The molecule has 2 aromatic carbocycles. The van der Waals surface area contributed by atoms with Gasteiger partial charge in [0.2, 0.25) is 0 Å². The highest BCUT2D eigenvalue weighted by molar-refractivity contribution is 7.10. The van der Waals surface area contributed by atoms with E-state index in [1.54, 1.807) is 21.3 Å². The zero-order valence-electron chi connectivity index (χ0n) is 15.6. The summed E-state index contributed by atoms with van der Waals surface area (Å²) in [6.07, 6.45) is 1.89. The van der Waals surface area contributed by atoms with E-state index in [0.29, 0.717) is 11.5 Å². The number of rotatable bonds is 6. The Balaban J connectivity index is 2.11. The summed E-state index contributed by atoms with van der Waals surface area (Å²) in [5.74, 6) is 2.01. The molecular formula is C20H22N2O3S. The summed E-state index contributed by atoms with van der Waals surface area (Å²) >= 11 is 1.43. The van der Waals surface area contributed by atoms with E-state index in [-0.39, 0.29) is 0 Å². The quantitative estimate of drug-likeness (QED) is 0.636. The van der Waals surface area contributed by atoms with Gasteiger partial charge < -0.3 is 19.1 Å². The van der Waals surface area contributed by atoms with Crippen LogP contribution in [0.4, 0.5) is 5.69 Å². The predicted octanol–water partition coefficient (Wildman–Crippen LogP) is 4.57. The standard InChI is InChI=1S/C20H22N2O3S/c1-22(2)14-8-6-13(7-9-14)16-12-21-26-20(16)15-10-18(24-4)19(25-5)11-17(15)23-3/h6-12H,1-5H3. The average Bonchev–Trinajstić information content (AvgIpc) is 3.16. The van der Waals surface area contributed by atoms with Crippen LogP contribution in [0.25, 0.3) is 21.6 Å². The van der Waals surface area contributed by atoms with Crippen molar-refractivity contribution in [2.45, 2.75) is 0 Å². The second kappa shape index (κ2) is 7.66. The molecule has 1 heterocycles. The minimum atomic E-state index is 0.634. The van der Waals surface area contributed by atoms with Crippen molar-refractivity contribution in [2.75, 3.05) is 40.3 Å². The molecule has 0 atom stereocenters. The van der Waals surface area contributed by atoms with Gasteiger partial charge in [-0.05, 0) is 35.3 Å². The number of ether oxygens (including phenoxy) is 3. The number of anilines is 1. The number of methoxy groups -OCH3 is 3. The van der Waals surface area contributed by atoms with Crippen molar-refractivity contribution in [3.63, 3.8) is 0 Å². The molecule has 0 spiro atoms. The zero-order valence-corrected chi connectivity index (χ0v) is 16.4. The fraction of sp³-hybridized carbons (Fsp3) is 0.250. The average molecular weight is 370 g/mol. The zero-order chi connectivity index (χ0) is 18.7. The van der Waals surface area contributed by atoms with Gasteiger partial charge in [0.25, 0.3) is 0 Å². The van der Waals surface area contributed by atoms with E-state index >= 15 is 0 Å². The minimum Gasteiger partial charge on any atom is -0.496 e. The maximum absolute atomic E-state index is 5.59. The third-order valence-corrected chi connectivity index (χ3v) is 5.05. The van der Waals surface area contributed by atoms with Gasteiger partial charge in [-0.25, -0.2) is 0 Å². The molecule has 5 nitrogen and oxygen atoms in total. The molecule has 136 valence electrons. The Hall–Kier alpha value is -2.73. The van der Waals surface area contributed by atoms with Gasteiger partial charge in [-0.2, -0.15) is 4.37 Å². The third kappa shape index (κ3) is 3.32. The highest BCUT2D eigenvalue weighted by atomic mass is 32.1. The van der Waals surface area contributed by atoms with Gasteiger partial charge in [0.05, 0.1) is 26.2 Å². The Kier molecular flexibility index (Phi) is 5.32. The van der Waals surface area contributed by atoms with Crippen LogP contribution in [-0.2, 0) is 0 Å². The number of nitrogens with zero attached hydrogens (tertiary/aromatic N) is 2. The Labute approximate surface area is 157 Å². The SMILES string of the molecule is COc1cc(OC)c(-c2sncc2-c2ccc(N(C)C)cc2)cc1OC. The molecule has 3 rings (SSSR count). The Morgan fingerprint density at radius 1 is 0.808 bits per heavy atom. The van der Waals surface area contributed by atoms with Crippen LogP contribution in [0, 0.1) is 0 Å². The van der Waals surface area contributed by atoms with Crippen molar-refractivity contribution in [2.24, 2.45) is 0 Å². The lowest BCUT2D eigenvalue weighted by Crippen LogP contribution is -2.07. The Morgan fingerprint density at radius 3 is 2.00 bits per heavy atom. The van der Waals surface area contributed by atoms with E-state index in [4.69, 9.17) is 14.2 Å². The smallest absolute Gasteiger partial charge is 0.164 e. The van der Waals surface area contributed by atoms with Crippen LogP contribution in [0.3, 0.4) is 0 Å². The van der Waals surface area contributed by atoms with Gasteiger partial charge in [0, 0.05) is 43.2 Å². The van der Waals surface area contributed by atoms with E-state index in [1.165, 1.54) is 11.5 Å². The van der Waals surface area contributed by atoms with E-state index in [9.17, 15) is 0 Å². The maximum Gasteiger partial charge on any atom is 0.164 e. The second-order valence-corrected chi connectivity index (χ2v) is 6.72. The molecule has 0 aliphatic carbocycles. The molecule has 0 amide bonds. The van der Waals surface area contributed by atoms with Crippen molar-refractivity contribution >= 4 is 17.2 Å². The van der Waals surface area contributed by atoms with Gasteiger partial charge in [-0.1, -0.05) is 12.1 Å². The van der Waals surface area contributed by atoms with Gasteiger partial charge in [-0.15, -0.1) is 0 Å². The van der Waals surface area contributed by atoms with Gasteiger partial charge in [0.1, 0.15) is 5.75 Å². The van der Waals surface area contributed by atoms with Crippen molar-refractivity contribution in [3.05, 3.63) is 42.6 Å². The fourth-order valence-corrected chi connectivity index (χ4v) is 3.58. The minimum absolute atomic E-state index is 0.634. The molecule has 1 aromatic heterocycles. The highest BCUT2D eigenvalue weighted by Crippen LogP contribution is 2.45. The summed E-state index contributed by atoms with van der Waals surface area (Å²) in [4.78, 5) is 3.11. The van der Waals surface area contributed by atoms with Crippen LogP contribution in [0.5, 0.6) is 17.2 Å². The second-order valence-electron chi connectivity index (χ2n) is 5.92. The maximum atomic E-state index is 5.59. The van der Waals surface area contributed by atoms with E-state index < -0.39 is 0 Å². The molecule has 6 heteroatoms. The van der Waals surface area contributed by atoms with E-state index in [1.807, 2.05) is 32.4 Å². The van der Waals surface area contributed by atoms with E-state index in [2.05, 4.69) is 33.5 Å². The fourth-order valence-electron chi connectivity index (χ4n) is 2.79. The first-order valence-electron chi connectivity index (χ1n) is 8.11. The number of hydrogen-bond donors (Lipinski definition) is 0. The molecule has 0 bridgehead atoms. The highest BCUT2D eigenvalue weighted by Gasteiger charge is 2.18. The Morgan fingerprint density at radius 2 is 1.42 bits per heavy atom. The summed E-state index contributed by atoms with van der Waals surface area (Å²) in [6, 6.07) is 12.2. The predicted molar refractivity (Wildman–Crippen MR) is 107 cm³/mol. The van der Waals surface area contributed by atoms with Crippen LogP contribution >= 0.6 is 11.5 Å². The molecule has 0 fully saturated rings. The molecule has 26 heavy (non-hydrogen) atoms. The molecule has 0 unspecified atom stereocenters. The summed E-state index contributed by atoms with van der Waals surface area (Å²) in [5.41, 5.74) is 4.25. The summed E-state index contributed by atoms with van der Waals surface area (Å²) in [5, 5.41) is 0. The molecule has 0 radical (unpaired) electrons.